The van der Waals surface area contributed by atoms with Gasteiger partial charge in [-0.05, 0) is 26.0 Å². The predicted octanol–water partition coefficient (Wildman–Crippen LogP) is 0.651. The molecule has 112 valence electrons. The van der Waals surface area contributed by atoms with Crippen LogP contribution in [-0.4, -0.2) is 44.0 Å². The Balaban J connectivity index is 2.33. The van der Waals surface area contributed by atoms with Gasteiger partial charge in [0, 0.05) is 7.05 Å². The molecule has 0 saturated heterocycles. The van der Waals surface area contributed by atoms with Gasteiger partial charge in [0.15, 0.2) is 0 Å². The van der Waals surface area contributed by atoms with E-state index in [9.17, 15) is 14.4 Å². The van der Waals surface area contributed by atoms with Crippen LogP contribution in [0.25, 0.3) is 11.0 Å². The fraction of sp³-hybridized carbons (Fsp3) is 0.357. The molecule has 2 aromatic rings. The number of carboxylic acids is 1. The van der Waals surface area contributed by atoms with Gasteiger partial charge in [0.1, 0.15) is 12.1 Å². The van der Waals surface area contributed by atoms with Crippen molar-refractivity contribution in [1.29, 1.82) is 0 Å². The molecule has 1 heterocycles. The maximum absolute atomic E-state index is 12.2. The van der Waals surface area contributed by atoms with Gasteiger partial charge in [-0.3, -0.25) is 9.36 Å². The van der Waals surface area contributed by atoms with Gasteiger partial charge < -0.3 is 15.0 Å². The predicted molar refractivity (Wildman–Crippen MR) is 77.0 cm³/mol. The molecule has 0 unspecified atom stereocenters. The zero-order valence-electron chi connectivity index (χ0n) is 12.1. The molecule has 0 aliphatic carbocycles. The molecule has 0 spiro atoms. The van der Waals surface area contributed by atoms with E-state index >= 15 is 0 Å². The summed E-state index contributed by atoms with van der Waals surface area (Å²) in [6.07, 6.45) is 0. The van der Waals surface area contributed by atoms with Crippen molar-refractivity contribution in [1.82, 2.24) is 14.5 Å². The zero-order valence-corrected chi connectivity index (χ0v) is 12.1. The first-order valence-corrected chi connectivity index (χ1v) is 6.42. The largest absolute Gasteiger partial charge is 0.480 e. The third-order valence-electron chi connectivity index (χ3n) is 3.71. The monoisotopic (exact) mass is 291 g/mol. The van der Waals surface area contributed by atoms with E-state index < -0.39 is 23.1 Å². The Morgan fingerprint density at radius 2 is 1.95 bits per heavy atom. The summed E-state index contributed by atoms with van der Waals surface area (Å²) in [6.45, 7) is 2.66. The van der Waals surface area contributed by atoms with Crippen molar-refractivity contribution in [3.8, 4) is 0 Å². The number of aromatic nitrogens is 2. The minimum Gasteiger partial charge on any atom is -0.480 e. The van der Waals surface area contributed by atoms with Crippen LogP contribution >= 0.6 is 0 Å². The first-order valence-electron chi connectivity index (χ1n) is 6.42. The highest BCUT2D eigenvalue weighted by Gasteiger charge is 2.35. The molecule has 2 N–H and O–H groups in total. The van der Waals surface area contributed by atoms with Crippen LogP contribution in [0.15, 0.2) is 29.1 Å². The van der Waals surface area contributed by atoms with E-state index in [1.54, 1.807) is 24.3 Å². The number of fused-ring (bicyclic) bond motifs is 1. The van der Waals surface area contributed by atoms with E-state index in [4.69, 9.17) is 5.11 Å². The van der Waals surface area contributed by atoms with Crippen LogP contribution in [0.4, 0.5) is 0 Å². The number of hydrogen-bond acceptors (Lipinski definition) is 3. The van der Waals surface area contributed by atoms with Gasteiger partial charge in [-0.15, -0.1) is 0 Å². The molecule has 2 rings (SSSR count). The molecule has 0 aliphatic heterocycles. The van der Waals surface area contributed by atoms with Crippen molar-refractivity contribution >= 4 is 22.9 Å². The highest BCUT2D eigenvalue weighted by Crippen LogP contribution is 2.14. The van der Waals surface area contributed by atoms with Gasteiger partial charge in [-0.25, -0.2) is 9.59 Å². The summed E-state index contributed by atoms with van der Waals surface area (Å²) in [5.74, 6) is -1.56. The number of para-hydroxylation sites is 2. The maximum atomic E-state index is 12.2. The third-order valence-corrected chi connectivity index (χ3v) is 3.71. The summed E-state index contributed by atoms with van der Waals surface area (Å²) in [5.41, 5.74) is -0.494. The van der Waals surface area contributed by atoms with Gasteiger partial charge in [0.05, 0.1) is 11.0 Å². The molecule has 0 fully saturated rings. The third kappa shape index (κ3) is 2.54. The Kier molecular flexibility index (Phi) is 3.59. The molecular formula is C14H17N3O4. The van der Waals surface area contributed by atoms with Gasteiger partial charge in [-0.2, -0.15) is 0 Å². The van der Waals surface area contributed by atoms with E-state index in [0.717, 1.165) is 4.90 Å². The highest BCUT2D eigenvalue weighted by molar-refractivity contribution is 5.87. The quantitative estimate of drug-likeness (QED) is 0.864. The Bertz CT molecular complexity index is 757. The van der Waals surface area contributed by atoms with Crippen LogP contribution in [0.3, 0.4) is 0 Å². The number of nitrogens with zero attached hydrogens (tertiary/aromatic N) is 2. The van der Waals surface area contributed by atoms with E-state index in [0.29, 0.717) is 11.0 Å². The van der Waals surface area contributed by atoms with Crippen LogP contribution in [-0.2, 0) is 16.1 Å². The molecule has 0 aliphatic rings. The minimum atomic E-state index is -1.34. The van der Waals surface area contributed by atoms with E-state index in [2.05, 4.69) is 4.98 Å². The fourth-order valence-corrected chi connectivity index (χ4v) is 1.96. The maximum Gasteiger partial charge on any atom is 0.329 e. The first kappa shape index (κ1) is 14.8. The Hall–Kier alpha value is -2.57. The number of hydrogen-bond donors (Lipinski definition) is 2. The molecular weight excluding hydrogens is 274 g/mol. The number of rotatable bonds is 4. The first-order chi connectivity index (χ1) is 9.75. The van der Waals surface area contributed by atoms with Crippen molar-refractivity contribution in [2.45, 2.75) is 25.9 Å². The van der Waals surface area contributed by atoms with Crippen LogP contribution in [0.2, 0.25) is 0 Å². The normalized spacial score (nSPS) is 11.6. The number of carbonyl (C=O) groups excluding carboxylic acids is 1. The Morgan fingerprint density at radius 1 is 1.33 bits per heavy atom. The lowest BCUT2D eigenvalue weighted by molar-refractivity contribution is -0.155. The van der Waals surface area contributed by atoms with Crippen molar-refractivity contribution < 1.29 is 14.7 Å². The van der Waals surface area contributed by atoms with Crippen LogP contribution in [0.5, 0.6) is 0 Å². The van der Waals surface area contributed by atoms with Gasteiger partial charge >= 0.3 is 11.7 Å². The van der Waals surface area contributed by atoms with Gasteiger partial charge in [0.25, 0.3) is 0 Å². The summed E-state index contributed by atoms with van der Waals surface area (Å²) >= 11 is 0. The Labute approximate surface area is 120 Å². The van der Waals surface area contributed by atoms with Crippen molar-refractivity contribution in [3.63, 3.8) is 0 Å². The van der Waals surface area contributed by atoms with Crippen molar-refractivity contribution in [2.24, 2.45) is 0 Å². The molecule has 1 aromatic carbocycles. The second-order valence-electron chi connectivity index (χ2n) is 5.35. The second-order valence-corrected chi connectivity index (χ2v) is 5.35. The second kappa shape index (κ2) is 5.08. The Morgan fingerprint density at radius 3 is 2.57 bits per heavy atom. The lowest BCUT2D eigenvalue weighted by Crippen LogP contribution is -2.52. The molecule has 21 heavy (non-hydrogen) atoms. The van der Waals surface area contributed by atoms with Crippen molar-refractivity contribution in [3.05, 3.63) is 34.7 Å². The standard InChI is InChI=1S/C14H17N3O4/c1-14(2,12(19)20)16(3)11(18)8-17-10-7-5-4-6-9(10)15-13(17)21/h4-7H,8H2,1-3H3,(H,15,21)(H,19,20). The van der Waals surface area contributed by atoms with Crippen molar-refractivity contribution in [2.75, 3.05) is 7.05 Å². The average Bonchev–Trinajstić information content (AvgIpc) is 2.74. The minimum absolute atomic E-state index is 0.212. The van der Waals surface area contributed by atoms with Gasteiger partial charge in [0.2, 0.25) is 5.91 Å². The highest BCUT2D eigenvalue weighted by atomic mass is 16.4. The molecule has 1 amide bonds. The summed E-state index contributed by atoms with van der Waals surface area (Å²) < 4.78 is 1.30. The van der Waals surface area contributed by atoms with Gasteiger partial charge in [-0.1, -0.05) is 12.1 Å². The smallest absolute Gasteiger partial charge is 0.329 e. The van der Waals surface area contributed by atoms with E-state index in [1.807, 2.05) is 0 Å². The number of aliphatic carboxylic acids is 1. The number of benzene rings is 1. The van der Waals surface area contributed by atoms with E-state index in [-0.39, 0.29) is 6.54 Å². The molecule has 0 radical (unpaired) electrons. The number of aromatic amines is 1. The summed E-state index contributed by atoms with van der Waals surface area (Å²) in [4.78, 5) is 39.1. The number of carboxylic acid groups (broad SMARTS) is 1. The van der Waals surface area contributed by atoms with E-state index in [1.165, 1.54) is 25.5 Å². The average molecular weight is 291 g/mol. The topological polar surface area (TPSA) is 95.4 Å². The molecule has 1 aromatic heterocycles. The molecule has 7 heteroatoms. The summed E-state index contributed by atoms with van der Waals surface area (Å²) in [6, 6.07) is 7.01. The molecule has 0 atom stereocenters. The number of nitrogens with one attached hydrogen (secondary N) is 1. The number of H-pyrrole nitrogens is 1. The molecule has 7 nitrogen and oxygen atoms in total. The zero-order chi connectivity index (χ0) is 15.8. The lowest BCUT2D eigenvalue weighted by Gasteiger charge is -2.31. The lowest BCUT2D eigenvalue weighted by atomic mass is 10.0. The molecule has 0 bridgehead atoms. The van der Waals surface area contributed by atoms with Crippen LogP contribution in [0.1, 0.15) is 13.8 Å². The number of amides is 1. The number of carbonyl (C=O) groups is 2. The summed E-state index contributed by atoms with van der Waals surface area (Å²) in [5, 5.41) is 9.14. The number of likely N-dealkylation sites (N-methyl/N-ethyl adjacent to an activating group) is 1. The fourth-order valence-electron chi connectivity index (χ4n) is 1.96. The molecule has 0 saturated carbocycles. The SMILES string of the molecule is CN(C(=O)Cn1c(=O)[nH]c2ccccc21)C(C)(C)C(=O)O. The summed E-state index contributed by atoms with van der Waals surface area (Å²) in [7, 11) is 1.41. The number of imidazole rings is 1. The van der Waals surface area contributed by atoms with Crippen LogP contribution < -0.4 is 5.69 Å². The van der Waals surface area contributed by atoms with Crippen LogP contribution in [0, 0.1) is 0 Å².